The maximum Gasteiger partial charge on any atom is 0.222 e. The van der Waals surface area contributed by atoms with Gasteiger partial charge in [0.15, 0.2) is 0 Å². The number of hydrogen-bond acceptors (Lipinski definition) is 4. The second kappa shape index (κ2) is 15.6. The van der Waals surface area contributed by atoms with E-state index in [-0.39, 0.29) is 23.6 Å². The average Bonchev–Trinajstić information content (AvgIpc) is 3.24. The molecule has 2 rings (SSSR count). The van der Waals surface area contributed by atoms with Crippen LogP contribution in [0.3, 0.4) is 0 Å². The van der Waals surface area contributed by atoms with Crippen molar-refractivity contribution in [2.75, 3.05) is 26.2 Å². The molecule has 0 aromatic heterocycles. The van der Waals surface area contributed by atoms with Crippen molar-refractivity contribution in [1.29, 1.82) is 0 Å². The Hall–Kier alpha value is -2.12. The minimum Gasteiger partial charge on any atom is -0.370 e. The molecule has 2 saturated heterocycles. The second-order valence-corrected chi connectivity index (χ2v) is 9.24. The average molecular weight is 453 g/mol. The highest BCUT2D eigenvalue weighted by Crippen LogP contribution is 2.24. The summed E-state index contributed by atoms with van der Waals surface area (Å²) in [6, 6.07) is 0. The van der Waals surface area contributed by atoms with Crippen molar-refractivity contribution in [2.45, 2.75) is 90.9 Å². The van der Waals surface area contributed by atoms with E-state index in [2.05, 4.69) is 13.8 Å². The lowest BCUT2D eigenvalue weighted by atomic mass is 10.0. The van der Waals surface area contributed by atoms with Gasteiger partial charge in [0.1, 0.15) is 0 Å². The van der Waals surface area contributed by atoms with E-state index in [1.165, 1.54) is 19.3 Å². The molecule has 2 aliphatic rings. The molecule has 2 atom stereocenters. The first-order valence-corrected chi connectivity index (χ1v) is 12.4. The van der Waals surface area contributed by atoms with Crippen LogP contribution in [-0.4, -0.2) is 59.6 Å². The predicted molar refractivity (Wildman–Crippen MR) is 125 cm³/mol. The van der Waals surface area contributed by atoms with Crippen molar-refractivity contribution in [1.82, 2.24) is 9.80 Å². The van der Waals surface area contributed by atoms with Crippen LogP contribution in [0.4, 0.5) is 0 Å². The number of nitrogens with zero attached hydrogens (tertiary/aromatic N) is 2. The number of primary amides is 2. The predicted octanol–water partition coefficient (Wildman–Crippen LogP) is 2.58. The van der Waals surface area contributed by atoms with Crippen molar-refractivity contribution in [3.63, 3.8) is 0 Å². The number of likely N-dealkylation sites (tertiary alicyclic amines) is 2. The first-order chi connectivity index (χ1) is 15.3. The Kier molecular flexibility index (Phi) is 13.6. The zero-order chi connectivity index (χ0) is 23.9. The van der Waals surface area contributed by atoms with Crippen LogP contribution in [0, 0.1) is 11.8 Å². The third kappa shape index (κ3) is 11.5. The van der Waals surface area contributed by atoms with E-state index in [9.17, 15) is 19.2 Å². The maximum absolute atomic E-state index is 11.7. The minimum absolute atomic E-state index is 0.234. The highest BCUT2D eigenvalue weighted by atomic mass is 16.2. The Morgan fingerprint density at radius 2 is 1.22 bits per heavy atom. The van der Waals surface area contributed by atoms with Crippen LogP contribution in [-0.2, 0) is 19.2 Å². The van der Waals surface area contributed by atoms with E-state index in [1.807, 2.05) is 9.80 Å². The topological polar surface area (TPSA) is 127 Å². The maximum atomic E-state index is 11.7. The van der Waals surface area contributed by atoms with E-state index >= 15 is 0 Å². The van der Waals surface area contributed by atoms with Gasteiger partial charge in [-0.05, 0) is 37.5 Å². The SMILES string of the molecule is CCCC1CC(=O)N(CCCC(N)=O)C1.CCCCCC1CC(=O)N(CCCC(N)=O)C1. The monoisotopic (exact) mass is 452 g/mol. The summed E-state index contributed by atoms with van der Waals surface area (Å²) < 4.78 is 0. The molecule has 0 aliphatic carbocycles. The summed E-state index contributed by atoms with van der Waals surface area (Å²) in [5.74, 6) is 0.968. The number of amides is 4. The summed E-state index contributed by atoms with van der Waals surface area (Å²) >= 11 is 0. The molecule has 184 valence electrons. The first kappa shape index (κ1) is 27.9. The number of carbonyl (C=O) groups excluding carboxylic acids is 4. The van der Waals surface area contributed by atoms with Crippen molar-refractivity contribution >= 4 is 23.6 Å². The summed E-state index contributed by atoms with van der Waals surface area (Å²) in [4.78, 5) is 48.2. The Labute approximate surface area is 193 Å². The van der Waals surface area contributed by atoms with Gasteiger partial charge in [-0.25, -0.2) is 0 Å². The van der Waals surface area contributed by atoms with Crippen LogP contribution in [0.15, 0.2) is 0 Å². The zero-order valence-corrected chi connectivity index (χ0v) is 20.2. The molecule has 2 unspecified atom stereocenters. The van der Waals surface area contributed by atoms with Gasteiger partial charge in [-0.15, -0.1) is 0 Å². The summed E-state index contributed by atoms with van der Waals surface area (Å²) in [7, 11) is 0. The fourth-order valence-electron chi connectivity index (χ4n) is 4.51. The van der Waals surface area contributed by atoms with E-state index < -0.39 is 0 Å². The van der Waals surface area contributed by atoms with Crippen molar-refractivity contribution in [2.24, 2.45) is 23.3 Å². The lowest BCUT2D eigenvalue weighted by Crippen LogP contribution is -2.27. The van der Waals surface area contributed by atoms with Crippen LogP contribution in [0.1, 0.15) is 90.9 Å². The van der Waals surface area contributed by atoms with Crippen molar-refractivity contribution in [3.8, 4) is 0 Å². The third-order valence-corrected chi connectivity index (χ3v) is 6.20. The molecule has 32 heavy (non-hydrogen) atoms. The fraction of sp³-hybridized carbons (Fsp3) is 0.833. The van der Waals surface area contributed by atoms with Crippen LogP contribution in [0.2, 0.25) is 0 Å². The van der Waals surface area contributed by atoms with Gasteiger partial charge in [-0.1, -0.05) is 39.5 Å². The molecule has 8 heteroatoms. The quantitative estimate of drug-likeness (QED) is 0.393. The Morgan fingerprint density at radius 3 is 1.62 bits per heavy atom. The van der Waals surface area contributed by atoms with Gasteiger partial charge >= 0.3 is 0 Å². The lowest BCUT2D eigenvalue weighted by Gasteiger charge is -2.16. The van der Waals surface area contributed by atoms with Gasteiger partial charge in [-0.2, -0.15) is 0 Å². The molecule has 0 bridgehead atoms. The van der Waals surface area contributed by atoms with Crippen molar-refractivity contribution in [3.05, 3.63) is 0 Å². The standard InChI is InChI=1S/C13H24N2O2.C11H20N2O2/c1-2-3-4-6-11-9-13(17)15(10-11)8-5-7-12(14)16;1-2-4-9-7-11(15)13(8-9)6-3-5-10(12)14/h11H,2-10H2,1H3,(H2,14,16);9H,2-8H2,1H3,(H2,12,14). The molecule has 0 aromatic carbocycles. The smallest absolute Gasteiger partial charge is 0.222 e. The molecular weight excluding hydrogens is 408 g/mol. The molecule has 2 fully saturated rings. The van der Waals surface area contributed by atoms with E-state index in [1.54, 1.807) is 0 Å². The molecule has 0 aromatic rings. The largest absolute Gasteiger partial charge is 0.370 e. The van der Waals surface area contributed by atoms with E-state index in [0.717, 1.165) is 32.4 Å². The van der Waals surface area contributed by atoms with Crippen molar-refractivity contribution < 1.29 is 19.2 Å². The Balaban J connectivity index is 0.000000323. The number of carbonyl (C=O) groups is 4. The Bertz CT molecular complexity index is 611. The highest BCUT2D eigenvalue weighted by molar-refractivity contribution is 5.79. The molecule has 0 radical (unpaired) electrons. The van der Waals surface area contributed by atoms with E-state index in [4.69, 9.17) is 11.5 Å². The zero-order valence-electron chi connectivity index (χ0n) is 20.2. The first-order valence-electron chi connectivity index (χ1n) is 12.4. The summed E-state index contributed by atoms with van der Waals surface area (Å²) in [5, 5.41) is 0. The minimum atomic E-state index is -0.285. The van der Waals surface area contributed by atoms with Gasteiger partial charge < -0.3 is 21.3 Å². The number of nitrogens with two attached hydrogens (primary N) is 2. The summed E-state index contributed by atoms with van der Waals surface area (Å²) in [5.41, 5.74) is 10.1. The normalized spacial score (nSPS) is 20.4. The van der Waals surface area contributed by atoms with Crippen LogP contribution < -0.4 is 11.5 Å². The van der Waals surface area contributed by atoms with E-state index in [0.29, 0.717) is 63.5 Å². The fourth-order valence-corrected chi connectivity index (χ4v) is 4.51. The molecule has 4 N–H and O–H groups in total. The van der Waals surface area contributed by atoms with Crippen LogP contribution >= 0.6 is 0 Å². The van der Waals surface area contributed by atoms with Crippen LogP contribution in [0.5, 0.6) is 0 Å². The van der Waals surface area contributed by atoms with Crippen LogP contribution in [0.25, 0.3) is 0 Å². The molecule has 0 spiro atoms. The number of rotatable bonds is 14. The second-order valence-electron chi connectivity index (χ2n) is 9.24. The molecule has 2 aliphatic heterocycles. The highest BCUT2D eigenvalue weighted by Gasteiger charge is 2.29. The number of hydrogen-bond donors (Lipinski definition) is 2. The lowest BCUT2D eigenvalue weighted by molar-refractivity contribution is -0.128. The molecular formula is C24H44N4O4. The molecule has 2 heterocycles. The van der Waals surface area contributed by atoms with Gasteiger partial charge in [-0.3, -0.25) is 19.2 Å². The summed E-state index contributed by atoms with van der Waals surface area (Å²) in [6.07, 6.45) is 10.6. The Morgan fingerprint density at radius 1 is 0.750 bits per heavy atom. The number of unbranched alkanes of at least 4 members (excludes halogenated alkanes) is 2. The molecule has 4 amide bonds. The third-order valence-electron chi connectivity index (χ3n) is 6.20. The van der Waals surface area contributed by atoms with Gasteiger partial charge in [0.05, 0.1) is 0 Å². The van der Waals surface area contributed by atoms with Gasteiger partial charge in [0.2, 0.25) is 23.6 Å². The van der Waals surface area contributed by atoms with Gasteiger partial charge in [0.25, 0.3) is 0 Å². The van der Waals surface area contributed by atoms with Gasteiger partial charge in [0, 0.05) is 51.9 Å². The molecule has 8 nitrogen and oxygen atoms in total. The summed E-state index contributed by atoms with van der Waals surface area (Å²) in [6.45, 7) is 7.44. The molecule has 0 saturated carbocycles.